The number of piperidine rings is 1. The Balaban J connectivity index is 1.40. The van der Waals surface area contributed by atoms with Crippen LogP contribution in [0.25, 0.3) is 0 Å². The van der Waals surface area contributed by atoms with Gasteiger partial charge in [0.05, 0.1) is 13.2 Å². The fourth-order valence-corrected chi connectivity index (χ4v) is 4.32. The van der Waals surface area contributed by atoms with Crippen molar-refractivity contribution in [2.75, 3.05) is 72.6 Å². The molecule has 3 rings (SSSR count). The molecule has 0 amide bonds. The lowest BCUT2D eigenvalue weighted by Crippen LogP contribution is -2.48. The van der Waals surface area contributed by atoms with Crippen LogP contribution in [0.2, 0.25) is 0 Å². The van der Waals surface area contributed by atoms with E-state index in [1.54, 1.807) is 0 Å². The summed E-state index contributed by atoms with van der Waals surface area (Å²) in [6.07, 6.45) is 3.98. The van der Waals surface area contributed by atoms with Crippen molar-refractivity contribution < 1.29 is 4.74 Å². The number of hydrogen-bond donors (Lipinski definition) is 1. The molecule has 24 heavy (non-hydrogen) atoms. The Bertz CT molecular complexity index is 410. The fraction of sp³-hybridized carbons (Fsp3) is 0.944. The molecule has 0 aliphatic carbocycles. The zero-order valence-corrected chi connectivity index (χ0v) is 15.5. The van der Waals surface area contributed by atoms with Crippen LogP contribution >= 0.6 is 0 Å². The van der Waals surface area contributed by atoms with Crippen LogP contribution in [-0.4, -0.2) is 99.3 Å². The van der Waals surface area contributed by atoms with E-state index < -0.39 is 0 Å². The molecule has 2 unspecified atom stereocenters. The average Bonchev–Trinajstić information content (AvgIpc) is 3.09. The third-order valence-electron chi connectivity index (χ3n) is 5.69. The molecule has 3 fully saturated rings. The zero-order valence-electron chi connectivity index (χ0n) is 15.5. The molecule has 0 spiro atoms. The van der Waals surface area contributed by atoms with Crippen molar-refractivity contribution in [3.8, 4) is 0 Å². The van der Waals surface area contributed by atoms with Gasteiger partial charge in [-0.1, -0.05) is 6.92 Å². The van der Waals surface area contributed by atoms with Crippen molar-refractivity contribution in [3.63, 3.8) is 0 Å². The van der Waals surface area contributed by atoms with Gasteiger partial charge in [0.25, 0.3) is 0 Å². The standard InChI is InChI=1S/C18H35N5O/c1-16-4-3-7-21(14-16)9-6-20-18(19-2)23-8-5-17(15-23)22-10-12-24-13-11-22/h16-17H,3-15H2,1-2H3,(H,19,20). The Labute approximate surface area is 147 Å². The van der Waals surface area contributed by atoms with Crippen LogP contribution in [0.1, 0.15) is 26.2 Å². The average molecular weight is 338 g/mol. The van der Waals surface area contributed by atoms with Crippen molar-refractivity contribution >= 4 is 5.96 Å². The first-order valence-electron chi connectivity index (χ1n) is 9.76. The summed E-state index contributed by atoms with van der Waals surface area (Å²) in [5.41, 5.74) is 0. The molecule has 138 valence electrons. The van der Waals surface area contributed by atoms with E-state index in [4.69, 9.17) is 4.74 Å². The first-order valence-corrected chi connectivity index (χ1v) is 9.76. The molecule has 0 aromatic rings. The Morgan fingerprint density at radius 3 is 2.71 bits per heavy atom. The highest BCUT2D eigenvalue weighted by molar-refractivity contribution is 5.80. The van der Waals surface area contributed by atoms with Gasteiger partial charge < -0.3 is 19.9 Å². The molecule has 3 heterocycles. The third-order valence-corrected chi connectivity index (χ3v) is 5.69. The first-order chi connectivity index (χ1) is 11.8. The van der Waals surface area contributed by atoms with E-state index in [-0.39, 0.29) is 0 Å². The number of nitrogens with one attached hydrogen (secondary N) is 1. The molecule has 3 aliphatic rings. The third kappa shape index (κ3) is 4.83. The van der Waals surface area contributed by atoms with Crippen molar-refractivity contribution in [2.45, 2.75) is 32.2 Å². The normalized spacial score (nSPS) is 30.8. The molecule has 0 radical (unpaired) electrons. The van der Waals surface area contributed by atoms with Gasteiger partial charge in [0.2, 0.25) is 0 Å². The second kappa shape index (κ2) is 9.02. The molecule has 2 atom stereocenters. The minimum Gasteiger partial charge on any atom is -0.379 e. The van der Waals surface area contributed by atoms with Gasteiger partial charge in [0.1, 0.15) is 0 Å². The van der Waals surface area contributed by atoms with E-state index in [1.165, 1.54) is 32.4 Å². The largest absolute Gasteiger partial charge is 0.379 e. The molecule has 0 bridgehead atoms. The van der Waals surface area contributed by atoms with Crippen LogP contribution in [0.4, 0.5) is 0 Å². The fourth-order valence-electron chi connectivity index (χ4n) is 4.32. The summed E-state index contributed by atoms with van der Waals surface area (Å²) in [6.45, 7) is 13.2. The number of morpholine rings is 1. The summed E-state index contributed by atoms with van der Waals surface area (Å²) in [4.78, 5) is 12.1. The quantitative estimate of drug-likeness (QED) is 0.604. The number of aliphatic imine (C=N–C) groups is 1. The van der Waals surface area contributed by atoms with E-state index in [0.29, 0.717) is 6.04 Å². The monoisotopic (exact) mass is 337 g/mol. The lowest BCUT2D eigenvalue weighted by atomic mass is 10.0. The topological polar surface area (TPSA) is 43.3 Å². The molecule has 1 N–H and O–H groups in total. The van der Waals surface area contributed by atoms with E-state index in [0.717, 1.165) is 64.4 Å². The SMILES string of the molecule is CN=C(NCCN1CCCC(C)C1)N1CCC(N2CCOCC2)C1. The molecular formula is C18H35N5O. The lowest BCUT2D eigenvalue weighted by molar-refractivity contribution is 0.0195. The maximum absolute atomic E-state index is 5.48. The maximum Gasteiger partial charge on any atom is 0.193 e. The van der Waals surface area contributed by atoms with E-state index in [2.05, 4.69) is 31.9 Å². The summed E-state index contributed by atoms with van der Waals surface area (Å²) >= 11 is 0. The first kappa shape index (κ1) is 18.0. The van der Waals surface area contributed by atoms with Crippen LogP contribution in [-0.2, 0) is 4.74 Å². The lowest BCUT2D eigenvalue weighted by Gasteiger charge is -2.33. The molecule has 6 heteroatoms. The van der Waals surface area contributed by atoms with E-state index in [1.807, 2.05) is 7.05 Å². The number of nitrogens with zero attached hydrogens (tertiary/aromatic N) is 4. The summed E-state index contributed by atoms with van der Waals surface area (Å²) in [7, 11) is 1.91. The van der Waals surface area contributed by atoms with Crippen molar-refractivity contribution in [3.05, 3.63) is 0 Å². The van der Waals surface area contributed by atoms with Crippen molar-refractivity contribution in [1.82, 2.24) is 20.0 Å². The highest BCUT2D eigenvalue weighted by Crippen LogP contribution is 2.17. The smallest absolute Gasteiger partial charge is 0.193 e. The molecule has 0 saturated carbocycles. The zero-order chi connectivity index (χ0) is 16.8. The molecular weight excluding hydrogens is 302 g/mol. The summed E-state index contributed by atoms with van der Waals surface area (Å²) in [5, 5.41) is 3.59. The predicted molar refractivity (Wildman–Crippen MR) is 98.6 cm³/mol. The number of ether oxygens (including phenoxy) is 1. The summed E-state index contributed by atoms with van der Waals surface area (Å²) < 4.78 is 5.48. The van der Waals surface area contributed by atoms with E-state index in [9.17, 15) is 0 Å². The van der Waals surface area contributed by atoms with Crippen LogP contribution in [0.5, 0.6) is 0 Å². The second-order valence-electron chi connectivity index (χ2n) is 7.56. The summed E-state index contributed by atoms with van der Waals surface area (Å²) in [5.74, 6) is 1.93. The van der Waals surface area contributed by atoms with Crippen LogP contribution in [0, 0.1) is 5.92 Å². The highest BCUT2D eigenvalue weighted by atomic mass is 16.5. The Hall–Kier alpha value is -0.850. The van der Waals surface area contributed by atoms with Gasteiger partial charge in [0.15, 0.2) is 5.96 Å². The Morgan fingerprint density at radius 1 is 1.12 bits per heavy atom. The second-order valence-corrected chi connectivity index (χ2v) is 7.56. The van der Waals surface area contributed by atoms with Crippen LogP contribution in [0.15, 0.2) is 4.99 Å². The number of hydrogen-bond acceptors (Lipinski definition) is 4. The number of guanidine groups is 1. The molecule has 3 saturated heterocycles. The van der Waals surface area contributed by atoms with Crippen molar-refractivity contribution in [2.24, 2.45) is 10.9 Å². The van der Waals surface area contributed by atoms with Gasteiger partial charge in [-0.25, -0.2) is 0 Å². The van der Waals surface area contributed by atoms with Gasteiger partial charge in [-0.15, -0.1) is 0 Å². The molecule has 0 aromatic heterocycles. The Kier molecular flexibility index (Phi) is 6.75. The van der Waals surface area contributed by atoms with Gasteiger partial charge in [-0.05, 0) is 31.7 Å². The summed E-state index contributed by atoms with van der Waals surface area (Å²) in [6, 6.07) is 0.662. The minimum atomic E-state index is 0.662. The predicted octanol–water partition coefficient (Wildman–Crippen LogP) is 0.700. The van der Waals surface area contributed by atoms with Crippen LogP contribution in [0.3, 0.4) is 0 Å². The highest BCUT2D eigenvalue weighted by Gasteiger charge is 2.30. The molecule has 6 nitrogen and oxygen atoms in total. The van der Waals surface area contributed by atoms with Gasteiger partial charge in [-0.3, -0.25) is 9.89 Å². The molecule has 3 aliphatic heterocycles. The molecule has 0 aromatic carbocycles. The minimum absolute atomic E-state index is 0.662. The maximum atomic E-state index is 5.48. The van der Waals surface area contributed by atoms with Gasteiger partial charge >= 0.3 is 0 Å². The van der Waals surface area contributed by atoms with Gasteiger partial charge in [0, 0.05) is 58.9 Å². The van der Waals surface area contributed by atoms with E-state index >= 15 is 0 Å². The number of likely N-dealkylation sites (tertiary alicyclic amines) is 2. The Morgan fingerprint density at radius 2 is 1.96 bits per heavy atom. The van der Waals surface area contributed by atoms with Crippen molar-refractivity contribution in [1.29, 1.82) is 0 Å². The van der Waals surface area contributed by atoms with Crippen LogP contribution < -0.4 is 5.32 Å². The van der Waals surface area contributed by atoms with Gasteiger partial charge in [-0.2, -0.15) is 0 Å². The number of rotatable bonds is 4.